The molecule has 2 aromatic heterocycles. The van der Waals surface area contributed by atoms with Gasteiger partial charge in [0.2, 0.25) is 5.16 Å². The summed E-state index contributed by atoms with van der Waals surface area (Å²) in [5, 5.41) is 18.5. The van der Waals surface area contributed by atoms with Crippen LogP contribution in [0, 0.1) is 6.92 Å². The summed E-state index contributed by atoms with van der Waals surface area (Å²) >= 11 is 2.58. The third-order valence-electron chi connectivity index (χ3n) is 2.57. The number of aliphatic carboxylic acids is 1. The summed E-state index contributed by atoms with van der Waals surface area (Å²) in [4.78, 5) is 16.8. The largest absolute Gasteiger partial charge is 0.477 e. The number of nitrogens with zero attached hydrogens (tertiary/aromatic N) is 2. The van der Waals surface area contributed by atoms with Crippen LogP contribution >= 0.6 is 23.1 Å². The Morgan fingerprint density at radius 1 is 1.60 bits per heavy atom. The van der Waals surface area contributed by atoms with Crippen LogP contribution in [0.2, 0.25) is 0 Å². The van der Waals surface area contributed by atoms with Gasteiger partial charge in [0.1, 0.15) is 10.7 Å². The van der Waals surface area contributed by atoms with E-state index in [1.165, 1.54) is 11.3 Å². The molecule has 0 atom stereocenters. The van der Waals surface area contributed by atoms with Crippen molar-refractivity contribution in [3.8, 4) is 0 Å². The van der Waals surface area contributed by atoms with Crippen LogP contribution in [0.1, 0.15) is 29.6 Å². The Morgan fingerprint density at radius 3 is 3.00 bits per heavy atom. The number of aryl methyl sites for hydroxylation is 2. The van der Waals surface area contributed by atoms with Crippen LogP contribution in [0.5, 0.6) is 0 Å². The number of hydrogen-bond donors (Lipinski definition) is 2. The highest BCUT2D eigenvalue weighted by molar-refractivity contribution is 8.04. The zero-order valence-corrected chi connectivity index (χ0v) is 12.8. The van der Waals surface area contributed by atoms with E-state index >= 15 is 0 Å². The SMILES string of the molecule is CCCc1nc(S/C(=C\c2sccc2C)C(=O)O)n[nH]1. The minimum atomic E-state index is -0.968. The second-order valence-electron chi connectivity index (χ2n) is 4.20. The monoisotopic (exact) mass is 309 g/mol. The van der Waals surface area contributed by atoms with Gasteiger partial charge in [-0.1, -0.05) is 6.92 Å². The molecule has 0 unspecified atom stereocenters. The first-order valence-corrected chi connectivity index (χ1v) is 7.88. The molecule has 7 heteroatoms. The van der Waals surface area contributed by atoms with Gasteiger partial charge in [0.05, 0.1) is 0 Å². The Morgan fingerprint density at radius 2 is 2.40 bits per heavy atom. The number of hydrogen-bond acceptors (Lipinski definition) is 5. The summed E-state index contributed by atoms with van der Waals surface area (Å²) in [5.74, 6) is -0.184. The third-order valence-corrected chi connectivity index (χ3v) is 4.42. The molecule has 2 heterocycles. The maximum absolute atomic E-state index is 11.3. The van der Waals surface area contributed by atoms with E-state index in [4.69, 9.17) is 0 Å². The zero-order valence-electron chi connectivity index (χ0n) is 11.2. The summed E-state index contributed by atoms with van der Waals surface area (Å²) in [6.07, 6.45) is 3.45. The lowest BCUT2D eigenvalue weighted by molar-refractivity contribution is -0.131. The van der Waals surface area contributed by atoms with E-state index in [-0.39, 0.29) is 4.91 Å². The molecule has 0 spiro atoms. The standard InChI is InChI=1S/C13H15N3O2S2/c1-3-4-11-14-13(16-15-11)20-10(12(17)18)7-9-8(2)5-6-19-9/h5-7H,3-4H2,1-2H3,(H,17,18)(H,14,15,16)/b10-7-. The summed E-state index contributed by atoms with van der Waals surface area (Å²) in [6, 6.07) is 1.97. The van der Waals surface area contributed by atoms with Gasteiger partial charge in [-0.05, 0) is 48.2 Å². The second kappa shape index (κ2) is 6.71. The molecule has 2 N–H and O–H groups in total. The van der Waals surface area contributed by atoms with Gasteiger partial charge in [-0.3, -0.25) is 5.10 Å². The van der Waals surface area contributed by atoms with E-state index in [9.17, 15) is 9.90 Å². The van der Waals surface area contributed by atoms with Crippen molar-refractivity contribution in [2.75, 3.05) is 0 Å². The molecule has 0 radical (unpaired) electrons. The van der Waals surface area contributed by atoms with Gasteiger partial charge < -0.3 is 5.11 Å². The quantitative estimate of drug-likeness (QED) is 0.632. The van der Waals surface area contributed by atoms with Crippen LogP contribution in [-0.4, -0.2) is 26.3 Å². The van der Waals surface area contributed by atoms with E-state index < -0.39 is 5.97 Å². The number of carboxylic acid groups (broad SMARTS) is 1. The minimum absolute atomic E-state index is 0.220. The van der Waals surface area contributed by atoms with Crippen LogP contribution in [0.4, 0.5) is 0 Å². The number of thiophene rings is 1. The lowest BCUT2D eigenvalue weighted by atomic mass is 10.3. The van der Waals surface area contributed by atoms with E-state index in [0.717, 1.165) is 40.9 Å². The van der Waals surface area contributed by atoms with E-state index in [1.54, 1.807) is 6.08 Å². The molecule has 106 valence electrons. The second-order valence-corrected chi connectivity index (χ2v) is 6.16. The van der Waals surface area contributed by atoms with Crippen molar-refractivity contribution in [1.82, 2.24) is 15.2 Å². The zero-order chi connectivity index (χ0) is 14.5. The molecule has 2 rings (SSSR count). The fourth-order valence-corrected chi connectivity index (χ4v) is 3.20. The van der Waals surface area contributed by atoms with Crippen LogP contribution in [-0.2, 0) is 11.2 Å². The fourth-order valence-electron chi connectivity index (χ4n) is 1.56. The molecule has 0 amide bonds. The molecule has 2 aromatic rings. The number of carboxylic acids is 1. The molecule has 0 aliphatic carbocycles. The first-order valence-electron chi connectivity index (χ1n) is 6.18. The number of aromatic nitrogens is 3. The molecule has 5 nitrogen and oxygen atoms in total. The van der Waals surface area contributed by atoms with Gasteiger partial charge in [0.15, 0.2) is 0 Å². The van der Waals surface area contributed by atoms with Gasteiger partial charge in [-0.25, -0.2) is 9.78 Å². The van der Waals surface area contributed by atoms with Crippen molar-refractivity contribution >= 4 is 35.1 Å². The Balaban J connectivity index is 2.19. The fraction of sp³-hybridized carbons (Fsp3) is 0.308. The van der Waals surface area contributed by atoms with Crippen molar-refractivity contribution in [1.29, 1.82) is 0 Å². The van der Waals surface area contributed by atoms with E-state index in [0.29, 0.717) is 5.16 Å². The van der Waals surface area contributed by atoms with Gasteiger partial charge in [-0.2, -0.15) is 0 Å². The van der Waals surface area contributed by atoms with Crippen LogP contribution in [0.3, 0.4) is 0 Å². The molecule has 20 heavy (non-hydrogen) atoms. The first kappa shape index (κ1) is 14.8. The summed E-state index contributed by atoms with van der Waals surface area (Å²) in [5.41, 5.74) is 1.07. The molecule has 0 saturated heterocycles. The van der Waals surface area contributed by atoms with Crippen LogP contribution in [0.15, 0.2) is 21.5 Å². The predicted molar refractivity (Wildman–Crippen MR) is 80.9 cm³/mol. The average Bonchev–Trinajstić information content (AvgIpc) is 2.99. The smallest absolute Gasteiger partial charge is 0.342 e. The lowest BCUT2D eigenvalue weighted by Crippen LogP contribution is -1.97. The molecule has 0 aromatic carbocycles. The number of rotatable bonds is 6. The van der Waals surface area contributed by atoms with Gasteiger partial charge in [0, 0.05) is 11.3 Å². The summed E-state index contributed by atoms with van der Waals surface area (Å²) in [7, 11) is 0. The number of thioether (sulfide) groups is 1. The highest BCUT2D eigenvalue weighted by atomic mass is 32.2. The maximum Gasteiger partial charge on any atom is 0.342 e. The molecular weight excluding hydrogens is 294 g/mol. The Hall–Kier alpha value is -1.60. The topological polar surface area (TPSA) is 78.9 Å². The molecule has 0 aliphatic rings. The summed E-state index contributed by atoms with van der Waals surface area (Å²) in [6.45, 7) is 4.01. The van der Waals surface area contributed by atoms with Crippen molar-refractivity contribution in [3.63, 3.8) is 0 Å². The van der Waals surface area contributed by atoms with Crippen molar-refractivity contribution in [2.24, 2.45) is 0 Å². The highest BCUT2D eigenvalue weighted by Gasteiger charge is 2.14. The molecule has 0 bridgehead atoms. The number of nitrogens with one attached hydrogen (secondary N) is 1. The maximum atomic E-state index is 11.3. The minimum Gasteiger partial charge on any atom is -0.477 e. The Bertz CT molecular complexity index is 631. The molecule has 0 aliphatic heterocycles. The Labute approximate surface area is 125 Å². The number of aromatic amines is 1. The molecule has 0 fully saturated rings. The Kier molecular flexibility index (Phi) is 4.97. The normalized spacial score (nSPS) is 11.8. The lowest BCUT2D eigenvalue weighted by Gasteiger charge is -1.98. The molecule has 0 saturated carbocycles. The number of H-pyrrole nitrogens is 1. The summed E-state index contributed by atoms with van der Waals surface area (Å²) < 4.78 is 0. The first-order chi connectivity index (χ1) is 9.60. The van der Waals surface area contributed by atoms with E-state index in [1.807, 2.05) is 18.4 Å². The van der Waals surface area contributed by atoms with Gasteiger partial charge >= 0.3 is 5.97 Å². The van der Waals surface area contributed by atoms with E-state index in [2.05, 4.69) is 22.1 Å². The average molecular weight is 309 g/mol. The molecular formula is C13H15N3O2S2. The van der Waals surface area contributed by atoms with Crippen LogP contribution in [0.25, 0.3) is 6.08 Å². The van der Waals surface area contributed by atoms with Crippen molar-refractivity contribution < 1.29 is 9.90 Å². The third kappa shape index (κ3) is 3.71. The van der Waals surface area contributed by atoms with Crippen LogP contribution < -0.4 is 0 Å². The van der Waals surface area contributed by atoms with Crippen molar-refractivity contribution in [2.45, 2.75) is 31.8 Å². The van der Waals surface area contributed by atoms with Gasteiger partial charge in [-0.15, -0.1) is 16.4 Å². The highest BCUT2D eigenvalue weighted by Crippen LogP contribution is 2.28. The number of carbonyl (C=O) groups is 1. The van der Waals surface area contributed by atoms with Crippen molar-refractivity contribution in [3.05, 3.63) is 32.6 Å². The predicted octanol–water partition coefficient (Wildman–Crippen LogP) is 3.34. The van der Waals surface area contributed by atoms with Gasteiger partial charge in [0.25, 0.3) is 0 Å².